The Kier molecular flexibility index (Phi) is 2.46. The average Bonchev–Trinajstić information content (AvgIpc) is 1.83. The van der Waals surface area contributed by atoms with Gasteiger partial charge >= 0.3 is 5.97 Å². The second kappa shape index (κ2) is 3.19. The third-order valence-corrected chi connectivity index (χ3v) is 1.98. The van der Waals surface area contributed by atoms with Crippen LogP contribution >= 0.6 is 0 Å². The molecular formula is C7H14N2O2. The summed E-state index contributed by atoms with van der Waals surface area (Å²) in [5, 5.41) is 3.90. The first-order chi connectivity index (χ1) is 5.16. The minimum Gasteiger partial charge on any atom is -0.468 e. The van der Waals surface area contributed by atoms with E-state index in [0.717, 1.165) is 13.0 Å². The molecule has 0 aromatic heterocycles. The highest BCUT2D eigenvalue weighted by atomic mass is 16.5. The number of hydrogen-bond donors (Lipinski definition) is 0. The van der Waals surface area contributed by atoms with Crippen molar-refractivity contribution in [2.24, 2.45) is 0 Å². The van der Waals surface area contributed by atoms with Crippen molar-refractivity contribution < 1.29 is 9.53 Å². The Bertz CT molecular complexity index is 159. The average molecular weight is 158 g/mol. The van der Waals surface area contributed by atoms with Crippen molar-refractivity contribution in [2.75, 3.05) is 27.7 Å². The minimum atomic E-state index is -0.134. The monoisotopic (exact) mass is 158 g/mol. The van der Waals surface area contributed by atoms with Crippen LogP contribution in [0.4, 0.5) is 0 Å². The van der Waals surface area contributed by atoms with E-state index in [1.807, 2.05) is 24.1 Å². The molecule has 1 aliphatic rings. The van der Waals surface area contributed by atoms with Crippen LogP contribution in [0, 0.1) is 0 Å². The largest absolute Gasteiger partial charge is 0.468 e. The minimum absolute atomic E-state index is 0.0463. The van der Waals surface area contributed by atoms with E-state index in [9.17, 15) is 4.79 Å². The van der Waals surface area contributed by atoms with Gasteiger partial charge in [-0.2, -0.15) is 0 Å². The van der Waals surface area contributed by atoms with Crippen molar-refractivity contribution in [3.05, 3.63) is 0 Å². The number of nitrogens with zero attached hydrogens (tertiary/aromatic N) is 2. The molecule has 0 bridgehead atoms. The topological polar surface area (TPSA) is 32.8 Å². The first kappa shape index (κ1) is 8.49. The molecule has 1 atom stereocenters. The summed E-state index contributed by atoms with van der Waals surface area (Å²) < 4.78 is 4.63. The first-order valence-corrected chi connectivity index (χ1v) is 3.68. The van der Waals surface area contributed by atoms with Crippen LogP contribution < -0.4 is 0 Å². The molecule has 0 radical (unpaired) electrons. The van der Waals surface area contributed by atoms with E-state index in [1.165, 1.54) is 7.11 Å². The van der Waals surface area contributed by atoms with E-state index in [-0.39, 0.29) is 12.0 Å². The van der Waals surface area contributed by atoms with Gasteiger partial charge in [0.25, 0.3) is 0 Å². The van der Waals surface area contributed by atoms with Crippen LogP contribution in [0.1, 0.15) is 6.42 Å². The molecule has 0 aliphatic carbocycles. The highest BCUT2D eigenvalue weighted by Gasteiger charge is 2.36. The molecule has 64 valence electrons. The van der Waals surface area contributed by atoms with Crippen molar-refractivity contribution in [1.82, 2.24) is 10.0 Å². The maximum Gasteiger partial charge on any atom is 0.324 e. The molecular weight excluding hydrogens is 144 g/mol. The van der Waals surface area contributed by atoms with Crippen LogP contribution in [0.5, 0.6) is 0 Å². The normalized spacial score (nSPS) is 24.9. The summed E-state index contributed by atoms with van der Waals surface area (Å²) in [4.78, 5) is 11.0. The zero-order valence-corrected chi connectivity index (χ0v) is 7.20. The summed E-state index contributed by atoms with van der Waals surface area (Å²) in [6.45, 7) is 0.951. The Morgan fingerprint density at radius 2 is 2.27 bits per heavy atom. The van der Waals surface area contributed by atoms with Gasteiger partial charge in [-0.15, -0.1) is 0 Å². The molecule has 0 saturated carbocycles. The van der Waals surface area contributed by atoms with Gasteiger partial charge in [0.05, 0.1) is 7.11 Å². The number of methoxy groups -OCH3 is 1. The maximum atomic E-state index is 11.0. The lowest BCUT2D eigenvalue weighted by molar-refractivity contribution is -0.166. The number of carbonyl (C=O) groups is 1. The van der Waals surface area contributed by atoms with Gasteiger partial charge in [0, 0.05) is 20.6 Å². The molecule has 0 spiro atoms. The van der Waals surface area contributed by atoms with Gasteiger partial charge < -0.3 is 4.74 Å². The summed E-state index contributed by atoms with van der Waals surface area (Å²) in [7, 11) is 5.28. The second-order valence-corrected chi connectivity index (χ2v) is 2.84. The first-order valence-electron chi connectivity index (χ1n) is 3.68. The fourth-order valence-electron chi connectivity index (χ4n) is 1.23. The molecule has 0 aromatic carbocycles. The lowest BCUT2D eigenvalue weighted by Gasteiger charge is -2.42. The Morgan fingerprint density at radius 1 is 1.64 bits per heavy atom. The number of esters is 1. The Balaban J connectivity index is 2.43. The van der Waals surface area contributed by atoms with Gasteiger partial charge in [-0.25, -0.2) is 10.0 Å². The van der Waals surface area contributed by atoms with Crippen LogP contribution in [-0.4, -0.2) is 49.8 Å². The van der Waals surface area contributed by atoms with Gasteiger partial charge in [0.15, 0.2) is 0 Å². The van der Waals surface area contributed by atoms with Gasteiger partial charge in [-0.1, -0.05) is 0 Å². The quantitative estimate of drug-likeness (QED) is 0.517. The van der Waals surface area contributed by atoms with Gasteiger partial charge in [-0.3, -0.25) is 4.79 Å². The van der Waals surface area contributed by atoms with E-state index >= 15 is 0 Å². The van der Waals surface area contributed by atoms with Crippen molar-refractivity contribution in [3.8, 4) is 0 Å². The van der Waals surface area contributed by atoms with Crippen LogP contribution in [0.2, 0.25) is 0 Å². The predicted molar refractivity (Wildman–Crippen MR) is 40.8 cm³/mol. The molecule has 1 saturated heterocycles. The smallest absolute Gasteiger partial charge is 0.324 e. The van der Waals surface area contributed by atoms with E-state index in [0.29, 0.717) is 0 Å². The Labute approximate surface area is 66.7 Å². The Morgan fingerprint density at radius 3 is 2.55 bits per heavy atom. The van der Waals surface area contributed by atoms with Crippen molar-refractivity contribution in [2.45, 2.75) is 12.5 Å². The molecule has 4 heteroatoms. The summed E-state index contributed by atoms with van der Waals surface area (Å²) in [6.07, 6.45) is 0.908. The highest BCUT2D eigenvalue weighted by molar-refractivity contribution is 5.76. The molecule has 4 nitrogen and oxygen atoms in total. The summed E-state index contributed by atoms with van der Waals surface area (Å²) in [6, 6.07) is -0.0463. The van der Waals surface area contributed by atoms with E-state index < -0.39 is 0 Å². The third kappa shape index (κ3) is 1.52. The van der Waals surface area contributed by atoms with Gasteiger partial charge in [-0.05, 0) is 6.42 Å². The van der Waals surface area contributed by atoms with E-state index in [4.69, 9.17) is 0 Å². The van der Waals surface area contributed by atoms with E-state index in [2.05, 4.69) is 4.74 Å². The molecule has 0 amide bonds. The maximum absolute atomic E-state index is 11.0. The van der Waals surface area contributed by atoms with Crippen LogP contribution in [-0.2, 0) is 9.53 Å². The van der Waals surface area contributed by atoms with Crippen LogP contribution in [0.3, 0.4) is 0 Å². The molecule has 1 fully saturated rings. The van der Waals surface area contributed by atoms with Crippen molar-refractivity contribution in [3.63, 3.8) is 0 Å². The summed E-state index contributed by atoms with van der Waals surface area (Å²) in [5.41, 5.74) is 0. The van der Waals surface area contributed by atoms with E-state index in [1.54, 1.807) is 0 Å². The molecule has 1 unspecified atom stereocenters. The summed E-state index contributed by atoms with van der Waals surface area (Å²) >= 11 is 0. The zero-order chi connectivity index (χ0) is 8.43. The van der Waals surface area contributed by atoms with Crippen LogP contribution in [0.25, 0.3) is 0 Å². The predicted octanol–water partition coefficient (Wildman–Crippen LogP) is -0.290. The molecule has 1 rings (SSSR count). The van der Waals surface area contributed by atoms with Crippen LogP contribution in [0.15, 0.2) is 0 Å². The molecule has 1 aliphatic heterocycles. The lowest BCUT2D eigenvalue weighted by atomic mass is 10.1. The molecule has 11 heavy (non-hydrogen) atoms. The molecule has 1 heterocycles. The lowest BCUT2D eigenvalue weighted by Crippen LogP contribution is -2.58. The SMILES string of the molecule is COC(=O)C1CCN1N(C)C. The zero-order valence-electron chi connectivity index (χ0n) is 7.20. The molecule has 0 aromatic rings. The molecule has 0 N–H and O–H groups in total. The van der Waals surface area contributed by atoms with Gasteiger partial charge in [0.1, 0.15) is 6.04 Å². The summed E-state index contributed by atoms with van der Waals surface area (Å²) in [5.74, 6) is -0.134. The fourth-order valence-corrected chi connectivity index (χ4v) is 1.23. The number of carbonyl (C=O) groups excluding carboxylic acids is 1. The fraction of sp³-hybridized carbons (Fsp3) is 0.857. The third-order valence-electron chi connectivity index (χ3n) is 1.98. The number of hydrazine groups is 1. The Hall–Kier alpha value is -0.610. The number of rotatable bonds is 2. The van der Waals surface area contributed by atoms with Crippen molar-refractivity contribution in [1.29, 1.82) is 0 Å². The standard InChI is InChI=1S/C7H14N2O2/c1-8(2)9-5-4-6(9)7(10)11-3/h6H,4-5H2,1-3H3. The highest BCUT2D eigenvalue weighted by Crippen LogP contribution is 2.18. The number of hydrogen-bond acceptors (Lipinski definition) is 4. The van der Waals surface area contributed by atoms with Crippen molar-refractivity contribution >= 4 is 5.97 Å². The van der Waals surface area contributed by atoms with Gasteiger partial charge in [0.2, 0.25) is 0 Å². The second-order valence-electron chi connectivity index (χ2n) is 2.84. The number of ether oxygens (including phenoxy) is 1.